The second kappa shape index (κ2) is 6.40. The van der Waals surface area contributed by atoms with E-state index in [4.69, 9.17) is 4.74 Å². The second-order valence-electron chi connectivity index (χ2n) is 4.48. The van der Waals surface area contributed by atoms with Crippen LogP contribution >= 0.6 is 0 Å². The van der Waals surface area contributed by atoms with Gasteiger partial charge in [-0.25, -0.2) is 0 Å². The topological polar surface area (TPSA) is 50.4 Å². The number of nitrogens with one attached hydrogen (secondary N) is 2. The minimum atomic E-state index is -0.0652. The van der Waals surface area contributed by atoms with Crippen molar-refractivity contribution in [1.82, 2.24) is 10.6 Å². The first-order chi connectivity index (χ1) is 8.83. The average Bonchev–Trinajstić information content (AvgIpc) is 2.43. The van der Waals surface area contributed by atoms with E-state index in [1.54, 1.807) is 0 Å². The Balaban J connectivity index is 1.95. The van der Waals surface area contributed by atoms with Crippen molar-refractivity contribution in [3.8, 4) is 5.75 Å². The molecular formula is C14H20N2O2. The number of carbonyl (C=O) groups excluding carboxylic acids is 1. The van der Waals surface area contributed by atoms with Gasteiger partial charge in [-0.15, -0.1) is 0 Å². The summed E-state index contributed by atoms with van der Waals surface area (Å²) in [4.78, 5) is 12.1. The maximum absolute atomic E-state index is 12.1. The molecule has 0 fully saturated rings. The molecule has 0 saturated carbocycles. The summed E-state index contributed by atoms with van der Waals surface area (Å²) in [7, 11) is 1.91. The molecule has 0 saturated heterocycles. The quantitative estimate of drug-likeness (QED) is 0.772. The van der Waals surface area contributed by atoms with Crippen LogP contribution in [0.1, 0.15) is 24.3 Å². The molecule has 0 spiro atoms. The number of amides is 1. The number of rotatable bonds is 5. The van der Waals surface area contributed by atoms with Crippen LogP contribution in [0.15, 0.2) is 24.3 Å². The summed E-state index contributed by atoms with van der Waals surface area (Å²) in [6.07, 6.45) is 1.71. The van der Waals surface area contributed by atoms with Gasteiger partial charge in [-0.1, -0.05) is 18.2 Å². The summed E-state index contributed by atoms with van der Waals surface area (Å²) in [5.41, 5.74) is 1.01. The first-order valence-corrected chi connectivity index (χ1v) is 6.47. The van der Waals surface area contributed by atoms with Crippen LogP contribution in [0.25, 0.3) is 0 Å². The van der Waals surface area contributed by atoms with Gasteiger partial charge in [-0.05, 0) is 32.5 Å². The molecule has 4 nitrogen and oxygen atoms in total. The minimum absolute atomic E-state index is 0.0652. The van der Waals surface area contributed by atoms with E-state index in [2.05, 4.69) is 10.6 Å². The van der Waals surface area contributed by atoms with Gasteiger partial charge in [0, 0.05) is 12.1 Å². The molecule has 18 heavy (non-hydrogen) atoms. The van der Waals surface area contributed by atoms with E-state index in [9.17, 15) is 4.79 Å². The van der Waals surface area contributed by atoms with E-state index < -0.39 is 0 Å². The molecule has 1 unspecified atom stereocenters. The maximum Gasteiger partial charge on any atom is 0.227 e. The molecular weight excluding hydrogens is 228 g/mol. The third-order valence-electron chi connectivity index (χ3n) is 3.18. The van der Waals surface area contributed by atoms with E-state index in [-0.39, 0.29) is 11.8 Å². The molecule has 0 bridgehead atoms. The highest BCUT2D eigenvalue weighted by atomic mass is 16.5. The number of fused-ring (bicyclic) bond motifs is 1. The SMILES string of the molecule is CNCCCNC(=O)C1CCOc2ccccc21. The average molecular weight is 248 g/mol. The van der Waals surface area contributed by atoms with Gasteiger partial charge in [0.15, 0.2) is 0 Å². The van der Waals surface area contributed by atoms with Crippen molar-refractivity contribution in [2.75, 3.05) is 26.7 Å². The molecule has 98 valence electrons. The van der Waals surface area contributed by atoms with Crippen molar-refractivity contribution < 1.29 is 9.53 Å². The van der Waals surface area contributed by atoms with Crippen LogP contribution < -0.4 is 15.4 Å². The Morgan fingerprint density at radius 1 is 1.39 bits per heavy atom. The second-order valence-corrected chi connectivity index (χ2v) is 4.48. The van der Waals surface area contributed by atoms with E-state index in [0.717, 1.165) is 37.2 Å². The van der Waals surface area contributed by atoms with Crippen molar-refractivity contribution in [2.45, 2.75) is 18.8 Å². The Hall–Kier alpha value is -1.55. The highest BCUT2D eigenvalue weighted by molar-refractivity contribution is 5.84. The third kappa shape index (κ3) is 3.01. The Bertz CT molecular complexity index is 407. The molecule has 1 amide bonds. The molecule has 1 aromatic carbocycles. The maximum atomic E-state index is 12.1. The molecule has 0 aliphatic carbocycles. The Morgan fingerprint density at radius 3 is 3.06 bits per heavy atom. The smallest absolute Gasteiger partial charge is 0.227 e. The normalized spacial score (nSPS) is 17.7. The van der Waals surface area contributed by atoms with Crippen molar-refractivity contribution >= 4 is 5.91 Å². The Labute approximate surface area is 108 Å². The monoisotopic (exact) mass is 248 g/mol. The first kappa shape index (κ1) is 12.9. The molecule has 2 rings (SSSR count). The van der Waals surface area contributed by atoms with Crippen molar-refractivity contribution in [3.63, 3.8) is 0 Å². The molecule has 1 aliphatic rings. The van der Waals surface area contributed by atoms with Gasteiger partial charge in [0.25, 0.3) is 0 Å². The summed E-state index contributed by atoms with van der Waals surface area (Å²) in [5.74, 6) is 0.894. The van der Waals surface area contributed by atoms with Gasteiger partial charge in [0.1, 0.15) is 5.75 Å². The first-order valence-electron chi connectivity index (χ1n) is 6.47. The molecule has 1 heterocycles. The predicted molar refractivity (Wildman–Crippen MR) is 70.8 cm³/mol. The van der Waals surface area contributed by atoms with Crippen LogP contribution in [0.2, 0.25) is 0 Å². The lowest BCUT2D eigenvalue weighted by Gasteiger charge is -2.25. The molecule has 1 aliphatic heterocycles. The zero-order valence-electron chi connectivity index (χ0n) is 10.7. The van der Waals surface area contributed by atoms with Crippen LogP contribution in [0.5, 0.6) is 5.75 Å². The fourth-order valence-electron chi connectivity index (χ4n) is 2.21. The van der Waals surface area contributed by atoms with E-state index in [0.29, 0.717) is 6.61 Å². The molecule has 4 heteroatoms. The number of hydrogen-bond acceptors (Lipinski definition) is 3. The number of carbonyl (C=O) groups is 1. The Kier molecular flexibility index (Phi) is 4.59. The fourth-order valence-corrected chi connectivity index (χ4v) is 2.21. The van der Waals surface area contributed by atoms with Gasteiger partial charge >= 0.3 is 0 Å². The summed E-state index contributed by atoms with van der Waals surface area (Å²) in [6.45, 7) is 2.26. The standard InChI is InChI=1S/C14H20N2O2/c1-15-8-4-9-16-14(17)12-7-10-18-13-6-3-2-5-11(12)13/h2-3,5-6,12,15H,4,7-10H2,1H3,(H,16,17). The number of hydrogen-bond donors (Lipinski definition) is 2. The van der Waals surface area contributed by atoms with Crippen molar-refractivity contribution in [3.05, 3.63) is 29.8 Å². The fraction of sp³-hybridized carbons (Fsp3) is 0.500. The van der Waals surface area contributed by atoms with Crippen LogP contribution in [0.4, 0.5) is 0 Å². The zero-order chi connectivity index (χ0) is 12.8. The van der Waals surface area contributed by atoms with E-state index >= 15 is 0 Å². The van der Waals surface area contributed by atoms with Gasteiger partial charge in [-0.3, -0.25) is 4.79 Å². The lowest BCUT2D eigenvalue weighted by molar-refractivity contribution is -0.123. The summed E-state index contributed by atoms with van der Waals surface area (Å²) < 4.78 is 5.56. The van der Waals surface area contributed by atoms with E-state index in [1.165, 1.54) is 0 Å². The van der Waals surface area contributed by atoms with Crippen LogP contribution in [0, 0.1) is 0 Å². The largest absolute Gasteiger partial charge is 0.493 e. The third-order valence-corrected chi connectivity index (χ3v) is 3.18. The lowest BCUT2D eigenvalue weighted by atomic mass is 9.92. The lowest BCUT2D eigenvalue weighted by Crippen LogP contribution is -2.33. The molecule has 0 radical (unpaired) electrons. The van der Waals surface area contributed by atoms with Crippen molar-refractivity contribution in [1.29, 1.82) is 0 Å². The number of ether oxygens (including phenoxy) is 1. The minimum Gasteiger partial charge on any atom is -0.493 e. The summed E-state index contributed by atoms with van der Waals surface area (Å²) >= 11 is 0. The highest BCUT2D eigenvalue weighted by Crippen LogP contribution is 2.33. The van der Waals surface area contributed by atoms with Gasteiger partial charge < -0.3 is 15.4 Å². The van der Waals surface area contributed by atoms with Gasteiger partial charge in [-0.2, -0.15) is 0 Å². The highest BCUT2D eigenvalue weighted by Gasteiger charge is 2.26. The molecule has 2 N–H and O–H groups in total. The summed E-state index contributed by atoms with van der Waals surface area (Å²) in [5, 5.41) is 6.06. The van der Waals surface area contributed by atoms with Crippen molar-refractivity contribution in [2.24, 2.45) is 0 Å². The van der Waals surface area contributed by atoms with Gasteiger partial charge in [0.05, 0.1) is 12.5 Å². The molecule has 1 atom stereocenters. The van der Waals surface area contributed by atoms with Gasteiger partial charge in [0.2, 0.25) is 5.91 Å². The number of para-hydroxylation sites is 1. The molecule has 0 aromatic heterocycles. The predicted octanol–water partition coefficient (Wildman–Crippen LogP) is 1.28. The van der Waals surface area contributed by atoms with Crippen LogP contribution in [0.3, 0.4) is 0 Å². The summed E-state index contributed by atoms with van der Waals surface area (Å²) in [6, 6.07) is 7.79. The number of benzene rings is 1. The van der Waals surface area contributed by atoms with E-state index in [1.807, 2.05) is 31.3 Å². The Morgan fingerprint density at radius 2 is 2.22 bits per heavy atom. The zero-order valence-corrected chi connectivity index (χ0v) is 10.7. The van der Waals surface area contributed by atoms with Crippen LogP contribution in [-0.2, 0) is 4.79 Å². The molecule has 1 aromatic rings. The van der Waals surface area contributed by atoms with Crippen LogP contribution in [-0.4, -0.2) is 32.7 Å².